The zero-order valence-electron chi connectivity index (χ0n) is 15.2. The van der Waals surface area contributed by atoms with Gasteiger partial charge in [-0.25, -0.2) is 0 Å². The van der Waals surface area contributed by atoms with Gasteiger partial charge >= 0.3 is 7.60 Å². The van der Waals surface area contributed by atoms with E-state index in [2.05, 4.69) is 0 Å². The topological polar surface area (TPSA) is 113 Å². The highest BCUT2D eigenvalue weighted by Crippen LogP contribution is 2.48. The van der Waals surface area contributed by atoms with Gasteiger partial charge in [0.15, 0.2) is 0 Å². The van der Waals surface area contributed by atoms with Crippen molar-refractivity contribution < 1.29 is 42.8 Å². The molecule has 25 heavy (non-hydrogen) atoms. The van der Waals surface area contributed by atoms with E-state index in [1.807, 2.05) is 0 Å². The summed E-state index contributed by atoms with van der Waals surface area (Å²) in [6.45, 7) is 1.46. The van der Waals surface area contributed by atoms with Crippen LogP contribution in [0.15, 0.2) is 0 Å². The smallest absolute Gasteiger partial charge is 0.328 e. The molecule has 9 nitrogen and oxygen atoms in total. The maximum Gasteiger partial charge on any atom is 0.328 e. The number of hydrogen-bond acceptors (Lipinski definition) is 9. The van der Waals surface area contributed by atoms with E-state index in [-0.39, 0.29) is 13.2 Å². The van der Waals surface area contributed by atoms with E-state index in [0.717, 1.165) is 0 Å². The van der Waals surface area contributed by atoms with Gasteiger partial charge in [-0.2, -0.15) is 0 Å². The molecule has 2 fully saturated rings. The van der Waals surface area contributed by atoms with Crippen molar-refractivity contribution in [3.8, 4) is 0 Å². The molecule has 2 aliphatic rings. The molecule has 3 unspecified atom stereocenters. The summed E-state index contributed by atoms with van der Waals surface area (Å²) in [6, 6.07) is -0.870. The number of aliphatic hydroxyl groups is 2. The third-order valence-electron chi connectivity index (χ3n) is 4.54. The molecule has 0 amide bonds. The Hall–Kier alpha value is 0.0399. The van der Waals surface area contributed by atoms with Crippen molar-refractivity contribution in [2.45, 2.75) is 48.6 Å². The summed E-state index contributed by atoms with van der Waals surface area (Å²) in [7, 11) is 2.89. The lowest BCUT2D eigenvalue weighted by Gasteiger charge is -2.26. The predicted molar refractivity (Wildman–Crippen MR) is 93.5 cm³/mol. The second kappa shape index (κ2) is 8.82. The lowest BCUT2D eigenvalue weighted by Crippen LogP contribution is -2.37. The molecule has 0 aromatic carbocycles. The normalized spacial score (nSPS) is 44.0. The second-order valence-electron chi connectivity index (χ2n) is 6.53. The molecule has 2 N–H and O–H groups in total. The molecule has 2 aliphatic heterocycles. The van der Waals surface area contributed by atoms with Crippen LogP contribution in [0.2, 0.25) is 0 Å². The summed E-state index contributed by atoms with van der Waals surface area (Å²) in [5.74, 6) is 0. The Balaban J connectivity index is 1.94. The van der Waals surface area contributed by atoms with Crippen molar-refractivity contribution in [1.82, 2.24) is 0 Å². The SMILES string of the molecule is B[C@@H]1O[C@H](COP(C)(=O)OC2[C@@H](COC)O[C@@H](B)[C@H]2O)C(OC)[C@@H]1O. The van der Waals surface area contributed by atoms with E-state index in [1.54, 1.807) is 15.7 Å². The van der Waals surface area contributed by atoms with Gasteiger partial charge in [-0.3, -0.25) is 9.09 Å². The zero-order valence-corrected chi connectivity index (χ0v) is 16.1. The van der Waals surface area contributed by atoms with Crippen LogP contribution in [0, 0.1) is 0 Å². The fraction of sp³-hybridized carbons (Fsp3) is 1.00. The van der Waals surface area contributed by atoms with Crippen molar-refractivity contribution >= 4 is 23.3 Å². The van der Waals surface area contributed by atoms with E-state index in [1.165, 1.54) is 20.9 Å². The molecule has 2 rings (SSSR count). The van der Waals surface area contributed by atoms with Crippen LogP contribution >= 0.6 is 7.60 Å². The zero-order chi connectivity index (χ0) is 18.8. The number of rotatable bonds is 8. The first-order valence-corrected chi connectivity index (χ1v) is 10.3. The summed E-state index contributed by atoms with van der Waals surface area (Å²) in [4.78, 5) is 0. The van der Waals surface area contributed by atoms with E-state index in [4.69, 9.17) is 28.0 Å². The molecule has 144 valence electrons. The van der Waals surface area contributed by atoms with Gasteiger partial charge in [0.1, 0.15) is 52.3 Å². The lowest BCUT2D eigenvalue weighted by molar-refractivity contribution is -0.0375. The molecule has 0 aromatic rings. The maximum atomic E-state index is 12.7. The molecule has 0 radical (unpaired) electrons. The van der Waals surface area contributed by atoms with Crippen LogP contribution in [-0.4, -0.2) is 109 Å². The number of ether oxygens (including phenoxy) is 4. The van der Waals surface area contributed by atoms with Crippen molar-refractivity contribution in [3.05, 3.63) is 0 Å². The van der Waals surface area contributed by atoms with Crippen LogP contribution in [-0.2, 0) is 32.6 Å². The van der Waals surface area contributed by atoms with Crippen molar-refractivity contribution in [2.75, 3.05) is 34.1 Å². The van der Waals surface area contributed by atoms with Crippen LogP contribution < -0.4 is 0 Å². The fourth-order valence-corrected chi connectivity index (χ4v) is 4.34. The molecule has 0 aliphatic carbocycles. The summed E-state index contributed by atoms with van der Waals surface area (Å²) >= 11 is 0. The lowest BCUT2D eigenvalue weighted by atomic mass is 9.93. The minimum Gasteiger partial charge on any atom is -0.388 e. The molecule has 0 saturated carbocycles. The van der Waals surface area contributed by atoms with Crippen molar-refractivity contribution in [2.24, 2.45) is 0 Å². The van der Waals surface area contributed by atoms with Crippen LogP contribution in [0.3, 0.4) is 0 Å². The number of hydrogen-bond donors (Lipinski definition) is 2. The maximum absolute atomic E-state index is 12.7. The highest BCUT2D eigenvalue weighted by Gasteiger charge is 2.46. The Morgan fingerprint density at radius 3 is 2.04 bits per heavy atom. The molecular weight excluding hydrogens is 353 g/mol. The Kier molecular flexibility index (Phi) is 7.53. The van der Waals surface area contributed by atoms with Gasteiger partial charge in [0.05, 0.1) is 25.2 Å². The van der Waals surface area contributed by atoms with Crippen LogP contribution in [0.4, 0.5) is 0 Å². The van der Waals surface area contributed by atoms with Gasteiger partial charge in [-0.05, 0) is 0 Å². The largest absolute Gasteiger partial charge is 0.388 e. The summed E-state index contributed by atoms with van der Waals surface area (Å²) < 4.78 is 45.0. The average Bonchev–Trinajstić information content (AvgIpc) is 2.97. The van der Waals surface area contributed by atoms with E-state index in [0.29, 0.717) is 0 Å². The summed E-state index contributed by atoms with van der Waals surface area (Å²) in [6.07, 6.45) is -4.22. The van der Waals surface area contributed by atoms with Crippen LogP contribution in [0.5, 0.6) is 0 Å². The van der Waals surface area contributed by atoms with Crippen molar-refractivity contribution in [3.63, 3.8) is 0 Å². The van der Waals surface area contributed by atoms with Crippen LogP contribution in [0.25, 0.3) is 0 Å². The minimum atomic E-state index is -3.51. The monoisotopic (exact) mass is 380 g/mol. The summed E-state index contributed by atoms with van der Waals surface area (Å²) in [5, 5.41) is 20.2. The highest BCUT2D eigenvalue weighted by molar-refractivity contribution is 7.53. The quantitative estimate of drug-likeness (QED) is 0.344. The predicted octanol–water partition coefficient (Wildman–Crippen LogP) is -2.69. The first kappa shape index (κ1) is 21.3. The Morgan fingerprint density at radius 1 is 1.00 bits per heavy atom. The first-order valence-electron chi connectivity index (χ1n) is 8.29. The Bertz CT molecular complexity index is 484. The van der Waals surface area contributed by atoms with Gasteiger partial charge < -0.3 is 33.7 Å². The Morgan fingerprint density at radius 2 is 1.52 bits per heavy atom. The standard InChI is InChI=1S/C13H27B2O9P/c1-19-4-6-11(9(17)13(15)22-6)24-25(3,18)21-5-7-10(20-2)8(16)12(14)23-7/h6-13,16-17H,4-5,14-15H2,1-3H3/t6-,7-,8+,9+,10?,11?,12-,13-,25?/m1/s1. The number of aliphatic hydroxyl groups excluding tert-OH is 2. The van der Waals surface area contributed by atoms with Crippen molar-refractivity contribution in [1.29, 1.82) is 0 Å². The van der Waals surface area contributed by atoms with Gasteiger partial charge in [0.2, 0.25) is 0 Å². The molecular formula is C13H27B2O9P. The molecule has 2 heterocycles. The molecule has 0 aromatic heterocycles. The first-order chi connectivity index (χ1) is 11.7. The Labute approximate surface area is 149 Å². The summed E-state index contributed by atoms with van der Waals surface area (Å²) in [5.41, 5.74) is 0. The van der Waals surface area contributed by atoms with E-state index in [9.17, 15) is 14.8 Å². The van der Waals surface area contributed by atoms with Gasteiger partial charge in [0.25, 0.3) is 0 Å². The third-order valence-corrected chi connectivity index (χ3v) is 5.78. The molecule has 2 saturated heterocycles. The fourth-order valence-electron chi connectivity index (χ4n) is 3.16. The van der Waals surface area contributed by atoms with Gasteiger partial charge in [-0.1, -0.05) is 0 Å². The second-order valence-corrected chi connectivity index (χ2v) is 8.54. The van der Waals surface area contributed by atoms with E-state index >= 15 is 0 Å². The average molecular weight is 380 g/mol. The molecule has 9 atom stereocenters. The minimum absolute atomic E-state index is 0.0676. The highest BCUT2D eigenvalue weighted by atomic mass is 31.2. The third kappa shape index (κ3) is 5.06. The number of methoxy groups -OCH3 is 2. The van der Waals surface area contributed by atoms with Gasteiger partial charge in [-0.15, -0.1) is 0 Å². The van der Waals surface area contributed by atoms with Crippen LogP contribution in [0.1, 0.15) is 0 Å². The molecule has 0 spiro atoms. The van der Waals surface area contributed by atoms with E-state index < -0.39 is 56.2 Å². The molecule has 0 bridgehead atoms. The molecule has 12 heteroatoms. The van der Waals surface area contributed by atoms with Gasteiger partial charge in [0, 0.05) is 20.9 Å².